The number of hydrogen-bond acceptors (Lipinski definition) is 2. The van der Waals surface area contributed by atoms with Crippen molar-refractivity contribution in [2.45, 2.75) is 13.8 Å². The zero-order valence-corrected chi connectivity index (χ0v) is 14.5. The second kappa shape index (κ2) is 5.97. The van der Waals surface area contributed by atoms with Gasteiger partial charge in [0.2, 0.25) is 0 Å². The van der Waals surface area contributed by atoms with Gasteiger partial charge in [0, 0.05) is 34.2 Å². The van der Waals surface area contributed by atoms with E-state index in [0.29, 0.717) is 0 Å². The van der Waals surface area contributed by atoms with Crippen LogP contribution in [-0.2, 0) is 7.05 Å². The summed E-state index contributed by atoms with van der Waals surface area (Å²) in [7, 11) is 2.05. The Bertz CT molecular complexity index is 862. The molecule has 0 bridgehead atoms. The normalized spacial score (nSPS) is 11.5. The van der Waals surface area contributed by atoms with Gasteiger partial charge in [0.25, 0.3) is 0 Å². The molecule has 3 aromatic rings. The lowest BCUT2D eigenvalue weighted by Gasteiger charge is -2.05. The summed E-state index contributed by atoms with van der Waals surface area (Å²) < 4.78 is 3.18. The van der Waals surface area contributed by atoms with E-state index < -0.39 is 0 Å². The monoisotopic (exact) mass is 355 g/mol. The van der Waals surface area contributed by atoms with E-state index in [0.717, 1.165) is 15.7 Å². The molecule has 112 valence electrons. The number of anilines is 1. The molecule has 0 amide bonds. The van der Waals surface area contributed by atoms with E-state index in [4.69, 9.17) is 0 Å². The molecule has 1 N–H and O–H groups in total. The van der Waals surface area contributed by atoms with Gasteiger partial charge in [0.05, 0.1) is 11.9 Å². The Hall–Kier alpha value is -2.07. The van der Waals surface area contributed by atoms with E-state index in [1.54, 1.807) is 0 Å². The average Bonchev–Trinajstić information content (AvgIpc) is 2.77. The van der Waals surface area contributed by atoms with Gasteiger partial charge in [-0.2, -0.15) is 5.10 Å². The van der Waals surface area contributed by atoms with E-state index in [9.17, 15) is 0 Å². The topological polar surface area (TPSA) is 29.3 Å². The van der Waals surface area contributed by atoms with Crippen LogP contribution in [-0.4, -0.2) is 10.8 Å². The predicted octanol–water partition coefficient (Wildman–Crippen LogP) is 5.00. The van der Waals surface area contributed by atoms with Gasteiger partial charge in [0.1, 0.15) is 0 Å². The third-order valence-electron chi connectivity index (χ3n) is 3.75. The van der Waals surface area contributed by atoms with Crippen LogP contribution in [0.5, 0.6) is 0 Å². The number of hydrazone groups is 1. The van der Waals surface area contributed by atoms with Crippen LogP contribution in [0.2, 0.25) is 0 Å². The molecule has 3 nitrogen and oxygen atoms in total. The summed E-state index contributed by atoms with van der Waals surface area (Å²) >= 11 is 3.53. The first-order chi connectivity index (χ1) is 10.5. The number of hydrogen-bond donors (Lipinski definition) is 1. The SMILES string of the molecule is Cc1ccc(N/N=C/c2cn(C)c3ccc(Br)cc23)c(C)c1. The Morgan fingerprint density at radius 2 is 1.95 bits per heavy atom. The van der Waals surface area contributed by atoms with Crippen molar-refractivity contribution in [1.82, 2.24) is 4.57 Å². The van der Waals surface area contributed by atoms with Crippen molar-refractivity contribution in [2.75, 3.05) is 5.43 Å². The molecule has 4 heteroatoms. The van der Waals surface area contributed by atoms with Gasteiger partial charge in [-0.25, -0.2) is 0 Å². The zero-order chi connectivity index (χ0) is 15.7. The van der Waals surface area contributed by atoms with Crippen LogP contribution >= 0.6 is 15.9 Å². The van der Waals surface area contributed by atoms with Crippen molar-refractivity contribution in [2.24, 2.45) is 12.1 Å². The van der Waals surface area contributed by atoms with Crippen LogP contribution in [0.25, 0.3) is 10.9 Å². The fourth-order valence-corrected chi connectivity index (χ4v) is 2.97. The summed E-state index contributed by atoms with van der Waals surface area (Å²) in [5.74, 6) is 0. The molecular formula is C18H18BrN3. The van der Waals surface area contributed by atoms with Gasteiger partial charge in [0.15, 0.2) is 0 Å². The van der Waals surface area contributed by atoms with Crippen LogP contribution in [0.1, 0.15) is 16.7 Å². The maximum Gasteiger partial charge on any atom is 0.0591 e. The van der Waals surface area contributed by atoms with Crippen molar-refractivity contribution >= 4 is 38.7 Å². The van der Waals surface area contributed by atoms with E-state index in [1.807, 2.05) is 13.3 Å². The molecule has 0 saturated carbocycles. The number of benzene rings is 2. The van der Waals surface area contributed by atoms with Crippen LogP contribution in [0.15, 0.2) is 52.2 Å². The smallest absolute Gasteiger partial charge is 0.0591 e. The van der Waals surface area contributed by atoms with Crippen LogP contribution in [0.4, 0.5) is 5.69 Å². The number of aromatic nitrogens is 1. The summed E-state index contributed by atoms with van der Waals surface area (Å²) in [6.45, 7) is 4.17. The standard InChI is InChI=1S/C18H18BrN3/c1-12-4-6-17(13(2)8-12)21-20-10-14-11-22(3)18-7-5-15(19)9-16(14)18/h4-11,21H,1-3H3/b20-10+. The van der Waals surface area contributed by atoms with E-state index in [2.05, 4.69) is 87.5 Å². The molecule has 0 spiro atoms. The van der Waals surface area contributed by atoms with Crippen molar-refractivity contribution in [3.8, 4) is 0 Å². The summed E-state index contributed by atoms with van der Waals surface area (Å²) in [6, 6.07) is 12.6. The van der Waals surface area contributed by atoms with E-state index in [1.165, 1.54) is 22.0 Å². The number of halogens is 1. The summed E-state index contributed by atoms with van der Waals surface area (Å²) in [6.07, 6.45) is 3.96. The Balaban J connectivity index is 1.88. The number of rotatable bonds is 3. The highest BCUT2D eigenvalue weighted by Gasteiger charge is 2.05. The summed E-state index contributed by atoms with van der Waals surface area (Å²) in [5, 5.41) is 5.58. The quantitative estimate of drug-likeness (QED) is 0.519. The second-order valence-electron chi connectivity index (χ2n) is 5.55. The zero-order valence-electron chi connectivity index (χ0n) is 12.9. The van der Waals surface area contributed by atoms with Crippen LogP contribution in [0.3, 0.4) is 0 Å². The number of aryl methyl sites for hydroxylation is 3. The van der Waals surface area contributed by atoms with E-state index in [-0.39, 0.29) is 0 Å². The molecular weight excluding hydrogens is 338 g/mol. The highest BCUT2D eigenvalue weighted by molar-refractivity contribution is 9.10. The second-order valence-corrected chi connectivity index (χ2v) is 6.46. The molecule has 22 heavy (non-hydrogen) atoms. The first-order valence-corrected chi connectivity index (χ1v) is 7.95. The first-order valence-electron chi connectivity index (χ1n) is 7.15. The predicted molar refractivity (Wildman–Crippen MR) is 97.8 cm³/mol. The van der Waals surface area contributed by atoms with Gasteiger partial charge in [-0.15, -0.1) is 0 Å². The molecule has 0 atom stereocenters. The maximum absolute atomic E-state index is 4.39. The molecule has 0 unspecified atom stereocenters. The van der Waals surface area contributed by atoms with Gasteiger partial charge in [-0.05, 0) is 43.7 Å². The molecule has 2 aromatic carbocycles. The lowest BCUT2D eigenvalue weighted by Crippen LogP contribution is -1.93. The maximum atomic E-state index is 4.39. The minimum absolute atomic E-state index is 1.03. The first kappa shape index (κ1) is 14.9. The Kier molecular flexibility index (Phi) is 4.03. The van der Waals surface area contributed by atoms with E-state index >= 15 is 0 Å². The third kappa shape index (κ3) is 2.92. The molecule has 0 aliphatic heterocycles. The Labute approximate surface area is 138 Å². The minimum atomic E-state index is 1.03. The fourth-order valence-electron chi connectivity index (χ4n) is 2.61. The third-order valence-corrected chi connectivity index (χ3v) is 4.25. The summed E-state index contributed by atoms with van der Waals surface area (Å²) in [5.41, 5.74) is 8.89. The van der Waals surface area contributed by atoms with Gasteiger partial charge < -0.3 is 4.57 Å². The lowest BCUT2D eigenvalue weighted by molar-refractivity contribution is 0.968. The Morgan fingerprint density at radius 1 is 1.14 bits per heavy atom. The van der Waals surface area contributed by atoms with Crippen molar-refractivity contribution in [3.63, 3.8) is 0 Å². The molecule has 0 aliphatic carbocycles. The highest BCUT2D eigenvalue weighted by Crippen LogP contribution is 2.23. The van der Waals surface area contributed by atoms with Crippen molar-refractivity contribution in [3.05, 3.63) is 63.8 Å². The molecule has 0 radical (unpaired) electrons. The lowest BCUT2D eigenvalue weighted by atomic mass is 10.1. The number of fused-ring (bicyclic) bond motifs is 1. The van der Waals surface area contributed by atoms with Crippen LogP contribution in [0, 0.1) is 13.8 Å². The molecule has 3 rings (SSSR count). The minimum Gasteiger partial charge on any atom is -0.350 e. The summed E-state index contributed by atoms with van der Waals surface area (Å²) in [4.78, 5) is 0. The van der Waals surface area contributed by atoms with Gasteiger partial charge >= 0.3 is 0 Å². The number of nitrogens with one attached hydrogen (secondary N) is 1. The molecule has 1 heterocycles. The van der Waals surface area contributed by atoms with Gasteiger partial charge in [-0.3, -0.25) is 5.43 Å². The largest absolute Gasteiger partial charge is 0.350 e. The highest BCUT2D eigenvalue weighted by atomic mass is 79.9. The van der Waals surface area contributed by atoms with Crippen molar-refractivity contribution < 1.29 is 0 Å². The van der Waals surface area contributed by atoms with Gasteiger partial charge in [-0.1, -0.05) is 33.6 Å². The fraction of sp³-hybridized carbons (Fsp3) is 0.167. The number of nitrogens with zero attached hydrogens (tertiary/aromatic N) is 2. The van der Waals surface area contributed by atoms with Crippen LogP contribution < -0.4 is 5.43 Å². The molecule has 0 fully saturated rings. The Morgan fingerprint density at radius 3 is 2.73 bits per heavy atom. The molecule has 0 saturated heterocycles. The van der Waals surface area contributed by atoms with Crippen molar-refractivity contribution in [1.29, 1.82) is 0 Å². The molecule has 0 aliphatic rings. The molecule has 1 aromatic heterocycles. The average molecular weight is 356 g/mol.